The van der Waals surface area contributed by atoms with Crippen molar-refractivity contribution in [3.05, 3.63) is 0 Å². The van der Waals surface area contributed by atoms with Crippen LogP contribution in [0.2, 0.25) is 0 Å². The largest absolute Gasteiger partial charge is 0.459 e. The highest BCUT2D eigenvalue weighted by atomic mass is 16.6. The number of esters is 1. The molecule has 0 radical (unpaired) electrons. The summed E-state index contributed by atoms with van der Waals surface area (Å²) in [6.45, 7) is 13.0. The first-order chi connectivity index (χ1) is 8.61. The standard InChI is InChI=1S/C15H30N2O2/c1-12(13(18)19-14(2,3)4)16-11-15(5)7-9-17(6)10-8-15/h12,16H,7-11H2,1-6H3. The van der Waals surface area contributed by atoms with Gasteiger partial charge < -0.3 is 15.0 Å². The van der Waals surface area contributed by atoms with Crippen molar-refractivity contribution in [2.45, 2.75) is 59.1 Å². The van der Waals surface area contributed by atoms with Gasteiger partial charge in [-0.2, -0.15) is 0 Å². The van der Waals surface area contributed by atoms with Crippen molar-refractivity contribution in [3.8, 4) is 0 Å². The van der Waals surface area contributed by atoms with Gasteiger partial charge in [0, 0.05) is 6.54 Å². The normalized spacial score (nSPS) is 22.0. The van der Waals surface area contributed by atoms with Gasteiger partial charge in [0.05, 0.1) is 0 Å². The van der Waals surface area contributed by atoms with Gasteiger partial charge in [-0.3, -0.25) is 4.79 Å². The number of nitrogens with one attached hydrogen (secondary N) is 1. The Hall–Kier alpha value is -0.610. The first-order valence-corrected chi connectivity index (χ1v) is 7.26. The van der Waals surface area contributed by atoms with Gasteiger partial charge in [-0.1, -0.05) is 6.92 Å². The lowest BCUT2D eigenvalue weighted by Crippen LogP contribution is -2.47. The zero-order chi connectivity index (χ0) is 14.7. The second kappa shape index (κ2) is 6.23. The van der Waals surface area contributed by atoms with E-state index in [2.05, 4.69) is 24.2 Å². The number of hydrogen-bond donors (Lipinski definition) is 1. The molecule has 1 aliphatic rings. The highest BCUT2D eigenvalue weighted by Crippen LogP contribution is 2.29. The smallest absolute Gasteiger partial charge is 0.323 e. The lowest BCUT2D eigenvalue weighted by molar-refractivity contribution is -0.157. The van der Waals surface area contributed by atoms with Gasteiger partial charge in [0.25, 0.3) is 0 Å². The van der Waals surface area contributed by atoms with E-state index in [9.17, 15) is 4.79 Å². The molecule has 1 unspecified atom stereocenters. The molecule has 0 spiro atoms. The van der Waals surface area contributed by atoms with E-state index in [1.54, 1.807) is 0 Å². The monoisotopic (exact) mass is 270 g/mol. The van der Waals surface area contributed by atoms with Gasteiger partial charge in [-0.05, 0) is 66.1 Å². The summed E-state index contributed by atoms with van der Waals surface area (Å²) in [5.41, 5.74) is -0.118. The number of hydrogen-bond acceptors (Lipinski definition) is 4. The van der Waals surface area contributed by atoms with Gasteiger partial charge >= 0.3 is 5.97 Å². The van der Waals surface area contributed by atoms with Crippen molar-refractivity contribution in [1.29, 1.82) is 0 Å². The van der Waals surface area contributed by atoms with E-state index < -0.39 is 5.60 Å². The van der Waals surface area contributed by atoms with Crippen LogP contribution in [0.15, 0.2) is 0 Å². The molecule has 19 heavy (non-hydrogen) atoms. The predicted octanol–water partition coefficient (Wildman–Crippen LogP) is 2.04. The minimum atomic E-state index is -0.412. The molecule has 1 fully saturated rings. The molecule has 4 heteroatoms. The van der Waals surface area contributed by atoms with Crippen LogP contribution in [0.4, 0.5) is 0 Å². The van der Waals surface area contributed by atoms with E-state index in [0.717, 1.165) is 19.6 Å². The molecule has 1 saturated heterocycles. The Kier molecular flexibility index (Phi) is 5.39. The van der Waals surface area contributed by atoms with Crippen molar-refractivity contribution in [1.82, 2.24) is 10.2 Å². The number of piperidine rings is 1. The maximum Gasteiger partial charge on any atom is 0.323 e. The number of rotatable bonds is 4. The van der Waals surface area contributed by atoms with Gasteiger partial charge in [-0.15, -0.1) is 0 Å². The number of carbonyl (C=O) groups excluding carboxylic acids is 1. The fourth-order valence-corrected chi connectivity index (χ4v) is 2.21. The minimum Gasteiger partial charge on any atom is -0.459 e. The van der Waals surface area contributed by atoms with E-state index in [1.165, 1.54) is 12.8 Å². The maximum absolute atomic E-state index is 11.9. The van der Waals surface area contributed by atoms with Crippen LogP contribution in [0.3, 0.4) is 0 Å². The summed E-state index contributed by atoms with van der Waals surface area (Å²) in [6.07, 6.45) is 2.36. The van der Waals surface area contributed by atoms with Crippen LogP contribution in [-0.4, -0.2) is 49.2 Å². The van der Waals surface area contributed by atoms with Crippen molar-refractivity contribution >= 4 is 5.97 Å². The lowest BCUT2D eigenvalue weighted by atomic mass is 9.80. The molecule has 4 nitrogen and oxygen atoms in total. The molecular formula is C15H30N2O2. The molecule has 0 aromatic rings. The highest BCUT2D eigenvalue weighted by Gasteiger charge is 2.30. The summed E-state index contributed by atoms with van der Waals surface area (Å²) in [5, 5.41) is 3.34. The lowest BCUT2D eigenvalue weighted by Gasteiger charge is -2.38. The summed E-state index contributed by atoms with van der Waals surface area (Å²) in [6, 6.07) is -0.240. The molecule has 0 aliphatic carbocycles. The summed E-state index contributed by atoms with van der Waals surface area (Å²) >= 11 is 0. The number of nitrogens with zero attached hydrogens (tertiary/aromatic N) is 1. The molecule has 1 heterocycles. The van der Waals surface area contributed by atoms with Gasteiger partial charge in [-0.25, -0.2) is 0 Å². The SMILES string of the molecule is CC(NCC1(C)CCN(C)CC1)C(=O)OC(C)(C)C. The summed E-state index contributed by atoms with van der Waals surface area (Å²) in [4.78, 5) is 14.3. The van der Waals surface area contributed by atoms with E-state index in [4.69, 9.17) is 4.74 Å². The molecule has 0 aromatic carbocycles. The van der Waals surface area contributed by atoms with Crippen LogP contribution < -0.4 is 5.32 Å². The van der Waals surface area contributed by atoms with Crippen LogP contribution in [-0.2, 0) is 9.53 Å². The Bertz CT molecular complexity index is 302. The third-order valence-electron chi connectivity index (χ3n) is 3.79. The minimum absolute atomic E-state index is 0.163. The van der Waals surface area contributed by atoms with Crippen molar-refractivity contribution in [3.63, 3.8) is 0 Å². The summed E-state index contributed by atoms with van der Waals surface area (Å²) in [7, 11) is 2.16. The molecule has 1 atom stereocenters. The maximum atomic E-state index is 11.9. The summed E-state index contributed by atoms with van der Waals surface area (Å²) in [5.74, 6) is -0.163. The first-order valence-electron chi connectivity index (χ1n) is 7.26. The molecule has 1 rings (SSSR count). The highest BCUT2D eigenvalue weighted by molar-refractivity contribution is 5.75. The Labute approximate surface area is 117 Å². The van der Waals surface area contributed by atoms with E-state index >= 15 is 0 Å². The van der Waals surface area contributed by atoms with Crippen molar-refractivity contribution in [2.75, 3.05) is 26.7 Å². The number of ether oxygens (including phenoxy) is 1. The van der Waals surface area contributed by atoms with E-state index in [0.29, 0.717) is 5.41 Å². The average Bonchev–Trinajstić information content (AvgIpc) is 2.28. The Morgan fingerprint density at radius 1 is 1.37 bits per heavy atom. The molecule has 1 aliphatic heterocycles. The molecule has 1 N–H and O–H groups in total. The Morgan fingerprint density at radius 2 is 1.89 bits per heavy atom. The molecule has 0 aromatic heterocycles. The zero-order valence-electron chi connectivity index (χ0n) is 13.4. The number of carbonyl (C=O) groups is 1. The van der Waals surface area contributed by atoms with Crippen LogP contribution in [0, 0.1) is 5.41 Å². The van der Waals surface area contributed by atoms with Crippen molar-refractivity contribution in [2.24, 2.45) is 5.41 Å². The third-order valence-corrected chi connectivity index (χ3v) is 3.79. The zero-order valence-corrected chi connectivity index (χ0v) is 13.4. The van der Waals surface area contributed by atoms with Gasteiger partial charge in [0.2, 0.25) is 0 Å². The van der Waals surface area contributed by atoms with Crippen LogP contribution in [0.5, 0.6) is 0 Å². The molecule has 0 saturated carbocycles. The van der Waals surface area contributed by atoms with Crippen molar-refractivity contribution < 1.29 is 9.53 Å². The van der Waals surface area contributed by atoms with Gasteiger partial charge in [0.1, 0.15) is 11.6 Å². The van der Waals surface area contributed by atoms with Crippen LogP contribution in [0.25, 0.3) is 0 Å². The predicted molar refractivity (Wildman–Crippen MR) is 78.1 cm³/mol. The average molecular weight is 270 g/mol. The summed E-state index contributed by atoms with van der Waals surface area (Å²) < 4.78 is 5.38. The second-order valence-electron chi connectivity index (χ2n) is 7.25. The fraction of sp³-hybridized carbons (Fsp3) is 0.933. The first kappa shape index (κ1) is 16.4. The van der Waals surface area contributed by atoms with Gasteiger partial charge in [0.15, 0.2) is 0 Å². The quantitative estimate of drug-likeness (QED) is 0.794. The number of likely N-dealkylation sites (tertiary alicyclic amines) is 1. The Balaban J connectivity index is 2.37. The molecule has 112 valence electrons. The molecule has 0 amide bonds. The Morgan fingerprint density at radius 3 is 2.37 bits per heavy atom. The van der Waals surface area contributed by atoms with E-state index in [-0.39, 0.29) is 12.0 Å². The molecule has 0 bridgehead atoms. The van der Waals surface area contributed by atoms with Crippen LogP contribution >= 0.6 is 0 Å². The molecular weight excluding hydrogens is 240 g/mol. The fourth-order valence-electron chi connectivity index (χ4n) is 2.21. The third kappa shape index (κ3) is 5.91. The van der Waals surface area contributed by atoms with E-state index in [1.807, 2.05) is 27.7 Å². The second-order valence-corrected chi connectivity index (χ2v) is 7.25. The topological polar surface area (TPSA) is 41.6 Å². The van der Waals surface area contributed by atoms with Crippen LogP contribution in [0.1, 0.15) is 47.5 Å².